The number of alkyl halides is 2. The fourth-order valence-electron chi connectivity index (χ4n) is 4.99. The second kappa shape index (κ2) is 14.2. The third-order valence-electron chi connectivity index (χ3n) is 7.13. The topological polar surface area (TPSA) is 111 Å². The molecular formula is C34H30Cl4F4N2O6. The van der Waals surface area contributed by atoms with Gasteiger partial charge >= 0.3 is 11.9 Å². The smallest absolute Gasteiger partial charge is 0.325 e. The Hall–Kier alpha value is -3.58. The summed E-state index contributed by atoms with van der Waals surface area (Å²) in [5.41, 5.74) is -4.62. The summed E-state index contributed by atoms with van der Waals surface area (Å²) in [4.78, 5) is 52.7. The number of nitrogens with one attached hydrogen (secondary N) is 2. The third-order valence-corrected chi connectivity index (χ3v) is 8.74. The van der Waals surface area contributed by atoms with Gasteiger partial charge in [0, 0.05) is 11.6 Å². The van der Waals surface area contributed by atoms with Gasteiger partial charge in [0.05, 0.1) is 32.8 Å². The average Bonchev–Trinajstić information content (AvgIpc) is 3.55. The Kier molecular flexibility index (Phi) is 11.1. The number of ether oxygens (including phenoxy) is 2. The molecule has 0 bridgehead atoms. The van der Waals surface area contributed by atoms with Crippen molar-refractivity contribution in [2.24, 2.45) is 5.92 Å². The van der Waals surface area contributed by atoms with Crippen LogP contribution in [-0.4, -0.2) is 39.3 Å². The fraction of sp³-hybridized carbons (Fsp3) is 0.353. The molecule has 3 aromatic carbocycles. The van der Waals surface area contributed by atoms with E-state index in [1.807, 2.05) is 0 Å². The summed E-state index contributed by atoms with van der Waals surface area (Å²) in [6.45, 7) is 8.87. The average molecular weight is 780 g/mol. The second-order valence-corrected chi connectivity index (χ2v) is 15.6. The standard InChI is InChI=1S/C34H30Cl4F4N2O6/c1-32(2,3)49-30(47)23(31(48)50-33(4,5)6)22-19(40)9-10-21(27(22)42)44-28(45)16-12-15(13-20(41)26(16)36)43-29(46)25-24(34(25,37)38)14-7-8-18(39)17(35)11-14/h7-13,23-25H,1-6H3,(H,43,46)(H,44,45)/t24-,25+/m0/s1. The van der Waals surface area contributed by atoms with Gasteiger partial charge in [-0.25, -0.2) is 17.6 Å². The molecule has 2 atom stereocenters. The van der Waals surface area contributed by atoms with E-state index in [1.54, 1.807) is 0 Å². The highest BCUT2D eigenvalue weighted by Gasteiger charge is 2.67. The summed E-state index contributed by atoms with van der Waals surface area (Å²) in [5, 5.41) is 3.58. The number of hydrogen-bond acceptors (Lipinski definition) is 6. The maximum absolute atomic E-state index is 16.0. The summed E-state index contributed by atoms with van der Waals surface area (Å²) >= 11 is 24.6. The Morgan fingerprint density at radius 3 is 1.88 bits per heavy atom. The summed E-state index contributed by atoms with van der Waals surface area (Å²) in [5.74, 6) is -13.5. The first-order valence-corrected chi connectivity index (χ1v) is 16.3. The zero-order chi connectivity index (χ0) is 37.7. The Balaban J connectivity index is 1.63. The van der Waals surface area contributed by atoms with Gasteiger partial charge in [-0.05, 0) is 83.5 Å². The fourth-order valence-corrected chi connectivity index (χ4v) is 6.21. The number of halogens is 8. The molecule has 0 spiro atoms. The summed E-state index contributed by atoms with van der Waals surface area (Å²) in [6.07, 6.45) is 0. The van der Waals surface area contributed by atoms with Crippen molar-refractivity contribution < 1.29 is 46.2 Å². The lowest BCUT2D eigenvalue weighted by Crippen LogP contribution is -2.36. The SMILES string of the molecule is CC(C)(C)OC(=O)C(C(=O)OC(C)(C)C)c1c(F)ccc(NC(=O)c2cc(NC(=O)[C@H]3[C@H](c4ccc(F)c(Cl)c4)C3(Cl)Cl)cc(F)c2Cl)c1F. The summed E-state index contributed by atoms with van der Waals surface area (Å²) < 4.78 is 68.6. The zero-order valence-corrected chi connectivity index (χ0v) is 30.3. The molecule has 4 rings (SSSR count). The maximum atomic E-state index is 16.0. The lowest BCUT2D eigenvalue weighted by atomic mass is 9.96. The zero-order valence-electron chi connectivity index (χ0n) is 27.2. The van der Waals surface area contributed by atoms with Crippen LogP contribution in [0.25, 0.3) is 0 Å². The van der Waals surface area contributed by atoms with Crippen LogP contribution in [0.1, 0.15) is 74.9 Å². The number of anilines is 2. The van der Waals surface area contributed by atoms with E-state index >= 15 is 8.78 Å². The van der Waals surface area contributed by atoms with Gasteiger partial charge in [-0.2, -0.15) is 0 Å². The molecule has 0 saturated heterocycles. The van der Waals surface area contributed by atoms with Crippen LogP contribution >= 0.6 is 46.4 Å². The molecule has 2 N–H and O–H groups in total. The maximum Gasteiger partial charge on any atom is 0.325 e. The van der Waals surface area contributed by atoms with Gasteiger partial charge in [-0.1, -0.05) is 29.3 Å². The molecule has 50 heavy (non-hydrogen) atoms. The highest BCUT2D eigenvalue weighted by Crippen LogP contribution is 2.65. The Morgan fingerprint density at radius 1 is 0.780 bits per heavy atom. The molecule has 1 fully saturated rings. The van der Waals surface area contributed by atoms with Gasteiger partial charge in [0.1, 0.15) is 33.0 Å². The van der Waals surface area contributed by atoms with Crippen molar-refractivity contribution in [2.45, 2.75) is 68.9 Å². The summed E-state index contributed by atoms with van der Waals surface area (Å²) in [7, 11) is 0. The van der Waals surface area contributed by atoms with Crippen molar-refractivity contribution in [1.82, 2.24) is 0 Å². The van der Waals surface area contributed by atoms with Crippen LogP contribution in [0.2, 0.25) is 10.0 Å². The van der Waals surface area contributed by atoms with Crippen molar-refractivity contribution in [2.75, 3.05) is 10.6 Å². The van der Waals surface area contributed by atoms with E-state index in [-0.39, 0.29) is 10.7 Å². The lowest BCUT2D eigenvalue weighted by Gasteiger charge is -2.27. The molecule has 16 heteroatoms. The first-order valence-electron chi connectivity index (χ1n) is 14.8. The molecular weight excluding hydrogens is 750 g/mol. The minimum absolute atomic E-state index is 0.219. The van der Waals surface area contributed by atoms with E-state index in [9.17, 15) is 28.0 Å². The van der Waals surface area contributed by atoms with Gasteiger partial charge in [0.2, 0.25) is 5.91 Å². The second-order valence-electron chi connectivity index (χ2n) is 13.4. The number of rotatable bonds is 8. The van der Waals surface area contributed by atoms with Crippen LogP contribution in [0.4, 0.5) is 28.9 Å². The molecule has 0 aliphatic heterocycles. The number of carbonyl (C=O) groups is 4. The molecule has 2 amide bonds. The number of carbonyl (C=O) groups excluding carboxylic acids is 4. The van der Waals surface area contributed by atoms with E-state index in [0.717, 1.165) is 24.3 Å². The van der Waals surface area contributed by atoms with Crippen molar-refractivity contribution in [3.63, 3.8) is 0 Å². The minimum atomic E-state index is -2.24. The highest BCUT2D eigenvalue weighted by molar-refractivity contribution is 6.53. The van der Waals surface area contributed by atoms with Gasteiger partial charge in [-0.15, -0.1) is 23.2 Å². The van der Waals surface area contributed by atoms with Crippen LogP contribution < -0.4 is 10.6 Å². The van der Waals surface area contributed by atoms with E-state index in [1.165, 1.54) is 53.7 Å². The van der Waals surface area contributed by atoms with Crippen molar-refractivity contribution in [3.05, 3.63) is 92.5 Å². The lowest BCUT2D eigenvalue weighted by molar-refractivity contribution is -0.169. The van der Waals surface area contributed by atoms with Crippen molar-refractivity contribution in [1.29, 1.82) is 0 Å². The molecule has 0 radical (unpaired) electrons. The quantitative estimate of drug-likeness (QED) is 0.102. The number of hydrogen-bond donors (Lipinski definition) is 2. The summed E-state index contributed by atoms with van der Waals surface area (Å²) in [6, 6.07) is 6.97. The molecule has 3 aromatic rings. The molecule has 0 unspecified atom stereocenters. The number of benzene rings is 3. The number of esters is 2. The van der Waals surface area contributed by atoms with E-state index in [2.05, 4.69) is 10.6 Å². The van der Waals surface area contributed by atoms with Crippen LogP contribution in [-0.2, 0) is 23.9 Å². The third kappa shape index (κ3) is 8.65. The molecule has 1 aliphatic rings. The monoisotopic (exact) mass is 778 g/mol. The van der Waals surface area contributed by atoms with Gasteiger partial charge in [-0.3, -0.25) is 19.2 Å². The molecule has 8 nitrogen and oxygen atoms in total. The van der Waals surface area contributed by atoms with Crippen molar-refractivity contribution in [3.8, 4) is 0 Å². The van der Waals surface area contributed by atoms with Gasteiger partial charge < -0.3 is 20.1 Å². The molecule has 0 heterocycles. The number of amides is 2. The predicted molar refractivity (Wildman–Crippen MR) is 181 cm³/mol. The van der Waals surface area contributed by atoms with Crippen LogP contribution in [0.5, 0.6) is 0 Å². The molecule has 268 valence electrons. The van der Waals surface area contributed by atoms with Gasteiger partial charge in [0.15, 0.2) is 11.7 Å². The van der Waals surface area contributed by atoms with Crippen LogP contribution in [0.3, 0.4) is 0 Å². The molecule has 1 aliphatic carbocycles. The largest absolute Gasteiger partial charge is 0.459 e. The minimum Gasteiger partial charge on any atom is -0.459 e. The molecule has 1 saturated carbocycles. The normalized spacial score (nSPS) is 16.9. The van der Waals surface area contributed by atoms with E-state index in [4.69, 9.17) is 55.9 Å². The highest BCUT2D eigenvalue weighted by atomic mass is 35.5. The molecule has 0 aromatic heterocycles. The Labute approximate surface area is 304 Å². The predicted octanol–water partition coefficient (Wildman–Crippen LogP) is 9.10. The van der Waals surface area contributed by atoms with E-state index in [0.29, 0.717) is 11.6 Å². The van der Waals surface area contributed by atoms with Crippen LogP contribution in [0, 0.1) is 29.2 Å². The van der Waals surface area contributed by atoms with E-state index < -0.39 is 102 Å². The van der Waals surface area contributed by atoms with Crippen molar-refractivity contribution >= 4 is 81.5 Å². The Bertz CT molecular complexity index is 1870. The first kappa shape index (κ1) is 39.2. The van der Waals surface area contributed by atoms with Crippen LogP contribution in [0.15, 0.2) is 42.5 Å². The Morgan fingerprint density at radius 2 is 1.34 bits per heavy atom. The first-order chi connectivity index (χ1) is 22.9. The van der Waals surface area contributed by atoms with Gasteiger partial charge in [0.25, 0.3) is 5.91 Å².